The van der Waals surface area contributed by atoms with Gasteiger partial charge in [0.05, 0.1) is 6.07 Å². The molecule has 0 amide bonds. The lowest BCUT2D eigenvalue weighted by atomic mass is 10.4. The predicted molar refractivity (Wildman–Crippen MR) is 62.7 cm³/mol. The minimum Gasteiger partial charge on any atom is -0.334 e. The molecular formula is C10H16N4O2S. The van der Waals surface area contributed by atoms with Crippen molar-refractivity contribution >= 4 is 10.0 Å². The van der Waals surface area contributed by atoms with E-state index in [2.05, 4.69) is 4.98 Å². The topological polar surface area (TPSA) is 79.0 Å². The van der Waals surface area contributed by atoms with Crippen LogP contribution in [0.1, 0.15) is 19.7 Å². The van der Waals surface area contributed by atoms with Crippen molar-refractivity contribution in [1.29, 1.82) is 5.26 Å². The number of hydrogen-bond donors (Lipinski definition) is 0. The Morgan fingerprint density at radius 1 is 1.65 bits per heavy atom. The average Bonchev–Trinajstić information content (AvgIpc) is 2.69. The number of sulfonamides is 1. The standard InChI is InChI=1S/C10H16N4O2S/c1-5-14-7-10(12-9(14)3)17(15,16)13(4)8(2)6-11/h7-8H,5H2,1-4H3. The third-order valence-electron chi connectivity index (χ3n) is 2.67. The molecule has 7 heteroatoms. The summed E-state index contributed by atoms with van der Waals surface area (Å²) in [6.07, 6.45) is 1.49. The van der Waals surface area contributed by atoms with Gasteiger partial charge in [0.25, 0.3) is 10.0 Å². The molecule has 0 saturated carbocycles. The number of hydrogen-bond acceptors (Lipinski definition) is 4. The molecule has 94 valence electrons. The molecule has 1 aromatic heterocycles. The van der Waals surface area contributed by atoms with Crippen LogP contribution in [0.4, 0.5) is 0 Å². The monoisotopic (exact) mass is 256 g/mol. The molecule has 0 radical (unpaired) electrons. The van der Waals surface area contributed by atoms with Crippen molar-refractivity contribution in [3.8, 4) is 6.07 Å². The number of rotatable bonds is 4. The van der Waals surface area contributed by atoms with Crippen molar-refractivity contribution in [2.45, 2.75) is 38.4 Å². The quantitative estimate of drug-likeness (QED) is 0.796. The minimum absolute atomic E-state index is 0.0125. The summed E-state index contributed by atoms with van der Waals surface area (Å²) in [5, 5.41) is 8.73. The molecule has 1 rings (SSSR count). The van der Waals surface area contributed by atoms with Gasteiger partial charge >= 0.3 is 0 Å². The molecule has 0 N–H and O–H groups in total. The Balaban J connectivity index is 3.18. The molecule has 0 aromatic carbocycles. The average molecular weight is 256 g/mol. The first-order valence-electron chi connectivity index (χ1n) is 5.26. The Bertz CT molecular complexity index is 541. The molecule has 1 aromatic rings. The van der Waals surface area contributed by atoms with Crippen molar-refractivity contribution in [3.63, 3.8) is 0 Å². The second kappa shape index (κ2) is 4.85. The van der Waals surface area contributed by atoms with Crippen molar-refractivity contribution in [2.24, 2.45) is 0 Å². The van der Waals surface area contributed by atoms with Crippen molar-refractivity contribution in [1.82, 2.24) is 13.9 Å². The number of nitriles is 1. The summed E-state index contributed by atoms with van der Waals surface area (Å²) < 4.78 is 27.0. The molecule has 0 aliphatic carbocycles. The first-order chi connectivity index (χ1) is 7.84. The molecule has 1 heterocycles. The molecule has 0 spiro atoms. The summed E-state index contributed by atoms with van der Waals surface area (Å²) in [6.45, 7) is 5.84. The van der Waals surface area contributed by atoms with Crippen molar-refractivity contribution < 1.29 is 8.42 Å². The van der Waals surface area contributed by atoms with Gasteiger partial charge in [-0.2, -0.15) is 9.57 Å². The first kappa shape index (κ1) is 13.7. The van der Waals surface area contributed by atoms with E-state index in [-0.39, 0.29) is 5.03 Å². The van der Waals surface area contributed by atoms with E-state index in [1.165, 1.54) is 20.2 Å². The van der Waals surface area contributed by atoms with Crippen LogP contribution in [0.25, 0.3) is 0 Å². The Labute approximate surface area is 102 Å². The maximum atomic E-state index is 12.1. The lowest BCUT2D eigenvalue weighted by Crippen LogP contribution is -2.34. The highest BCUT2D eigenvalue weighted by atomic mass is 32.2. The zero-order valence-corrected chi connectivity index (χ0v) is 11.2. The Hall–Kier alpha value is -1.39. The molecule has 0 saturated heterocycles. The fourth-order valence-electron chi connectivity index (χ4n) is 1.36. The fraction of sp³-hybridized carbons (Fsp3) is 0.600. The minimum atomic E-state index is -3.68. The maximum Gasteiger partial charge on any atom is 0.263 e. The normalized spacial score (nSPS) is 13.6. The van der Waals surface area contributed by atoms with Crippen LogP contribution in [-0.4, -0.2) is 35.4 Å². The summed E-state index contributed by atoms with van der Waals surface area (Å²) in [6, 6.07) is 1.17. The van der Waals surface area contributed by atoms with Crippen LogP contribution in [-0.2, 0) is 16.6 Å². The lowest BCUT2D eigenvalue weighted by Gasteiger charge is -2.17. The van der Waals surface area contributed by atoms with Gasteiger partial charge in [-0.3, -0.25) is 0 Å². The van der Waals surface area contributed by atoms with E-state index < -0.39 is 16.1 Å². The van der Waals surface area contributed by atoms with Gasteiger partial charge in [0.15, 0.2) is 5.03 Å². The molecule has 0 bridgehead atoms. The van der Waals surface area contributed by atoms with E-state index in [0.29, 0.717) is 12.4 Å². The zero-order chi connectivity index (χ0) is 13.2. The second-order valence-corrected chi connectivity index (χ2v) is 5.68. The van der Waals surface area contributed by atoms with Gasteiger partial charge < -0.3 is 4.57 Å². The Morgan fingerprint density at radius 2 is 2.24 bits per heavy atom. The highest BCUT2D eigenvalue weighted by Crippen LogP contribution is 2.15. The maximum absolute atomic E-state index is 12.1. The molecule has 6 nitrogen and oxygen atoms in total. The number of aryl methyl sites for hydroxylation is 2. The van der Waals surface area contributed by atoms with Gasteiger partial charge in [0.1, 0.15) is 11.9 Å². The Morgan fingerprint density at radius 3 is 2.65 bits per heavy atom. The van der Waals surface area contributed by atoms with Crippen molar-refractivity contribution in [2.75, 3.05) is 7.05 Å². The fourth-order valence-corrected chi connectivity index (χ4v) is 2.63. The van der Waals surface area contributed by atoms with Crippen LogP contribution in [0, 0.1) is 18.3 Å². The van der Waals surface area contributed by atoms with Gasteiger partial charge in [0.2, 0.25) is 0 Å². The van der Waals surface area contributed by atoms with Gasteiger partial charge in [-0.15, -0.1) is 0 Å². The molecule has 17 heavy (non-hydrogen) atoms. The predicted octanol–water partition coefficient (Wildman–Crippen LogP) is 0.744. The third-order valence-corrected chi connectivity index (χ3v) is 4.47. The van der Waals surface area contributed by atoms with E-state index in [0.717, 1.165) is 4.31 Å². The second-order valence-electron chi connectivity index (χ2n) is 3.74. The van der Waals surface area contributed by atoms with E-state index in [4.69, 9.17) is 5.26 Å². The molecule has 0 fully saturated rings. The molecule has 1 unspecified atom stereocenters. The molecule has 0 aliphatic rings. The van der Waals surface area contributed by atoms with Crippen LogP contribution in [0.2, 0.25) is 0 Å². The van der Waals surface area contributed by atoms with Gasteiger partial charge in [-0.25, -0.2) is 13.4 Å². The van der Waals surface area contributed by atoms with Gasteiger partial charge in [-0.05, 0) is 20.8 Å². The van der Waals surface area contributed by atoms with Crippen LogP contribution in [0.3, 0.4) is 0 Å². The van der Waals surface area contributed by atoms with Crippen LogP contribution >= 0.6 is 0 Å². The third kappa shape index (κ3) is 2.48. The molecule has 1 atom stereocenters. The largest absolute Gasteiger partial charge is 0.334 e. The number of imidazole rings is 1. The Kier molecular flexibility index (Phi) is 3.91. The van der Waals surface area contributed by atoms with E-state index in [1.807, 2.05) is 13.0 Å². The molecular weight excluding hydrogens is 240 g/mol. The van der Waals surface area contributed by atoms with Crippen LogP contribution < -0.4 is 0 Å². The first-order valence-corrected chi connectivity index (χ1v) is 6.70. The number of nitrogens with zero attached hydrogens (tertiary/aromatic N) is 4. The number of aromatic nitrogens is 2. The van der Waals surface area contributed by atoms with Gasteiger partial charge in [0, 0.05) is 19.8 Å². The summed E-state index contributed by atoms with van der Waals surface area (Å²) in [5.41, 5.74) is 0. The zero-order valence-electron chi connectivity index (χ0n) is 10.4. The SMILES string of the molecule is CCn1cc(S(=O)(=O)N(C)C(C)C#N)nc1C. The van der Waals surface area contributed by atoms with E-state index in [9.17, 15) is 8.42 Å². The van der Waals surface area contributed by atoms with Crippen LogP contribution in [0.15, 0.2) is 11.2 Å². The highest BCUT2D eigenvalue weighted by molar-refractivity contribution is 7.89. The summed E-state index contributed by atoms with van der Waals surface area (Å²) in [5.74, 6) is 0.643. The van der Waals surface area contributed by atoms with Gasteiger partial charge in [-0.1, -0.05) is 0 Å². The smallest absolute Gasteiger partial charge is 0.263 e. The molecule has 0 aliphatic heterocycles. The highest BCUT2D eigenvalue weighted by Gasteiger charge is 2.28. The summed E-state index contributed by atoms with van der Waals surface area (Å²) in [7, 11) is -2.30. The van der Waals surface area contributed by atoms with E-state index in [1.54, 1.807) is 11.5 Å². The van der Waals surface area contributed by atoms with E-state index >= 15 is 0 Å². The van der Waals surface area contributed by atoms with Crippen molar-refractivity contribution in [3.05, 3.63) is 12.0 Å². The lowest BCUT2D eigenvalue weighted by molar-refractivity contribution is 0.440. The summed E-state index contributed by atoms with van der Waals surface area (Å²) in [4.78, 5) is 4.01. The summed E-state index contributed by atoms with van der Waals surface area (Å²) >= 11 is 0. The van der Waals surface area contributed by atoms with Crippen LogP contribution in [0.5, 0.6) is 0 Å².